The standard InChI is InChI=1S/C17H30N2O5/c1-11(2)12(18-15(23)24-16(3,4)5)13(20)19-17(14(21)22)9-7-6-8-10-17/h11-12H,6-10H2,1-5H3,(H,18,23)(H,19,20)(H,21,22)/t12-/m0/s1. The zero-order valence-electron chi connectivity index (χ0n) is 15.3. The Labute approximate surface area is 143 Å². The van der Waals surface area contributed by atoms with Crippen molar-refractivity contribution in [2.24, 2.45) is 5.92 Å². The molecule has 0 bridgehead atoms. The van der Waals surface area contributed by atoms with Gasteiger partial charge in [0.25, 0.3) is 0 Å². The molecule has 1 fully saturated rings. The number of hydrogen-bond acceptors (Lipinski definition) is 4. The van der Waals surface area contributed by atoms with E-state index < -0.39 is 35.2 Å². The fourth-order valence-electron chi connectivity index (χ4n) is 2.83. The summed E-state index contributed by atoms with van der Waals surface area (Å²) in [5.74, 6) is -1.71. The summed E-state index contributed by atoms with van der Waals surface area (Å²) < 4.78 is 5.18. The third kappa shape index (κ3) is 5.69. The molecule has 138 valence electrons. The summed E-state index contributed by atoms with van der Waals surface area (Å²) >= 11 is 0. The molecule has 0 unspecified atom stereocenters. The summed E-state index contributed by atoms with van der Waals surface area (Å²) in [6, 6.07) is -0.849. The first-order valence-electron chi connectivity index (χ1n) is 8.52. The van der Waals surface area contributed by atoms with Crippen LogP contribution in [0.1, 0.15) is 66.7 Å². The predicted octanol–water partition coefficient (Wildman–Crippen LogP) is 2.44. The Kier molecular flexibility index (Phi) is 6.63. The first-order chi connectivity index (χ1) is 11.0. The van der Waals surface area contributed by atoms with Gasteiger partial charge in [-0.1, -0.05) is 33.1 Å². The van der Waals surface area contributed by atoms with Crippen molar-refractivity contribution >= 4 is 18.0 Å². The normalized spacial score (nSPS) is 18.6. The highest BCUT2D eigenvalue weighted by atomic mass is 16.6. The van der Waals surface area contributed by atoms with Crippen LogP contribution in [0.25, 0.3) is 0 Å². The molecule has 0 aromatic carbocycles. The van der Waals surface area contributed by atoms with Crippen molar-refractivity contribution < 1.29 is 24.2 Å². The highest BCUT2D eigenvalue weighted by Crippen LogP contribution is 2.28. The van der Waals surface area contributed by atoms with Crippen LogP contribution in [0, 0.1) is 5.92 Å². The minimum atomic E-state index is -1.24. The molecule has 0 aromatic heterocycles. The monoisotopic (exact) mass is 342 g/mol. The number of carbonyl (C=O) groups excluding carboxylic acids is 2. The van der Waals surface area contributed by atoms with E-state index in [0.29, 0.717) is 12.8 Å². The summed E-state index contributed by atoms with van der Waals surface area (Å²) in [6.07, 6.45) is 2.62. The highest BCUT2D eigenvalue weighted by molar-refractivity contribution is 5.91. The molecule has 0 aliphatic heterocycles. The molecule has 7 nitrogen and oxygen atoms in total. The molecule has 7 heteroatoms. The number of carboxylic acid groups (broad SMARTS) is 1. The lowest BCUT2D eigenvalue weighted by Crippen LogP contribution is -2.61. The number of nitrogens with one attached hydrogen (secondary N) is 2. The van der Waals surface area contributed by atoms with Crippen molar-refractivity contribution in [1.82, 2.24) is 10.6 Å². The molecule has 1 aliphatic rings. The Hall–Kier alpha value is -1.79. The van der Waals surface area contributed by atoms with E-state index in [1.165, 1.54) is 0 Å². The number of ether oxygens (including phenoxy) is 1. The zero-order valence-corrected chi connectivity index (χ0v) is 15.3. The Morgan fingerprint density at radius 2 is 1.62 bits per heavy atom. The van der Waals surface area contributed by atoms with Gasteiger partial charge in [-0.2, -0.15) is 0 Å². The van der Waals surface area contributed by atoms with E-state index in [1.807, 2.05) is 0 Å². The topological polar surface area (TPSA) is 105 Å². The summed E-state index contributed by atoms with van der Waals surface area (Å²) in [7, 11) is 0. The van der Waals surface area contributed by atoms with Crippen LogP contribution in [0.5, 0.6) is 0 Å². The van der Waals surface area contributed by atoms with Crippen molar-refractivity contribution in [3.63, 3.8) is 0 Å². The summed E-state index contributed by atoms with van der Waals surface area (Å²) in [6.45, 7) is 8.78. The molecular weight excluding hydrogens is 312 g/mol. The van der Waals surface area contributed by atoms with Crippen LogP contribution in [-0.4, -0.2) is 40.3 Å². The lowest BCUT2D eigenvalue weighted by molar-refractivity contribution is -0.149. The van der Waals surface area contributed by atoms with E-state index in [4.69, 9.17) is 4.74 Å². The molecular formula is C17H30N2O5. The SMILES string of the molecule is CC(C)[C@H](NC(=O)OC(C)(C)C)C(=O)NC1(C(=O)O)CCCCC1. The molecule has 0 radical (unpaired) electrons. The van der Waals surface area contributed by atoms with Crippen LogP contribution in [0.3, 0.4) is 0 Å². The number of rotatable bonds is 5. The fraction of sp³-hybridized carbons (Fsp3) is 0.824. The van der Waals surface area contributed by atoms with E-state index in [2.05, 4.69) is 10.6 Å². The second-order valence-electron chi connectivity index (χ2n) is 7.81. The van der Waals surface area contributed by atoms with Crippen molar-refractivity contribution in [1.29, 1.82) is 0 Å². The molecule has 0 aromatic rings. The maximum Gasteiger partial charge on any atom is 0.408 e. The van der Waals surface area contributed by atoms with E-state index >= 15 is 0 Å². The Bertz CT molecular complexity index is 476. The van der Waals surface area contributed by atoms with Crippen LogP contribution in [0.4, 0.5) is 4.79 Å². The smallest absolute Gasteiger partial charge is 0.408 e. The van der Waals surface area contributed by atoms with Gasteiger partial charge >= 0.3 is 12.1 Å². The number of carbonyl (C=O) groups is 3. The molecule has 1 rings (SSSR count). The maximum atomic E-state index is 12.6. The second-order valence-corrected chi connectivity index (χ2v) is 7.81. The molecule has 24 heavy (non-hydrogen) atoms. The van der Waals surface area contributed by atoms with E-state index in [0.717, 1.165) is 19.3 Å². The Balaban J connectivity index is 2.82. The van der Waals surface area contributed by atoms with Crippen LogP contribution in [0.2, 0.25) is 0 Å². The first-order valence-corrected chi connectivity index (χ1v) is 8.52. The van der Waals surface area contributed by atoms with Crippen molar-refractivity contribution in [2.75, 3.05) is 0 Å². The highest BCUT2D eigenvalue weighted by Gasteiger charge is 2.42. The molecule has 0 heterocycles. The second kappa shape index (κ2) is 7.85. The van der Waals surface area contributed by atoms with Crippen molar-refractivity contribution in [3.05, 3.63) is 0 Å². The van der Waals surface area contributed by atoms with E-state index in [1.54, 1.807) is 34.6 Å². The largest absolute Gasteiger partial charge is 0.480 e. The van der Waals surface area contributed by atoms with Gasteiger partial charge in [-0.15, -0.1) is 0 Å². The number of aliphatic carboxylic acids is 1. The fourth-order valence-corrected chi connectivity index (χ4v) is 2.83. The van der Waals surface area contributed by atoms with Gasteiger partial charge in [-0.05, 0) is 39.5 Å². The molecule has 0 spiro atoms. The van der Waals surface area contributed by atoms with Crippen LogP contribution in [0.15, 0.2) is 0 Å². The van der Waals surface area contributed by atoms with Gasteiger partial charge in [0.15, 0.2) is 0 Å². The third-order valence-electron chi connectivity index (χ3n) is 4.10. The third-order valence-corrected chi connectivity index (χ3v) is 4.10. The van der Waals surface area contributed by atoms with Crippen LogP contribution in [-0.2, 0) is 14.3 Å². The van der Waals surface area contributed by atoms with Gasteiger partial charge in [0, 0.05) is 0 Å². The maximum absolute atomic E-state index is 12.6. The number of amides is 2. The average molecular weight is 342 g/mol. The van der Waals surface area contributed by atoms with Crippen molar-refractivity contribution in [2.45, 2.75) is 83.9 Å². The lowest BCUT2D eigenvalue weighted by Gasteiger charge is -2.36. The van der Waals surface area contributed by atoms with Gasteiger partial charge < -0.3 is 20.5 Å². The predicted molar refractivity (Wildman–Crippen MR) is 89.6 cm³/mol. The van der Waals surface area contributed by atoms with E-state index in [-0.39, 0.29) is 5.92 Å². The molecule has 3 N–H and O–H groups in total. The Morgan fingerprint density at radius 3 is 2.04 bits per heavy atom. The molecule has 1 atom stereocenters. The lowest BCUT2D eigenvalue weighted by atomic mass is 9.81. The van der Waals surface area contributed by atoms with Gasteiger partial charge in [0.1, 0.15) is 17.2 Å². The molecule has 0 saturated heterocycles. The van der Waals surface area contributed by atoms with Gasteiger partial charge in [0.2, 0.25) is 5.91 Å². The van der Waals surface area contributed by atoms with E-state index in [9.17, 15) is 19.5 Å². The average Bonchev–Trinajstić information content (AvgIpc) is 2.43. The molecule has 1 saturated carbocycles. The quantitative estimate of drug-likeness (QED) is 0.712. The molecule has 2 amide bonds. The minimum Gasteiger partial charge on any atom is -0.480 e. The van der Waals surface area contributed by atoms with Crippen LogP contribution < -0.4 is 10.6 Å². The Morgan fingerprint density at radius 1 is 1.08 bits per heavy atom. The zero-order chi connectivity index (χ0) is 18.5. The van der Waals surface area contributed by atoms with Gasteiger partial charge in [0.05, 0.1) is 0 Å². The minimum absolute atomic E-state index is 0.202. The number of alkyl carbamates (subject to hydrolysis) is 1. The summed E-state index contributed by atoms with van der Waals surface area (Å²) in [5, 5.41) is 14.8. The first kappa shape index (κ1) is 20.3. The van der Waals surface area contributed by atoms with Crippen LogP contribution >= 0.6 is 0 Å². The number of hydrogen-bond donors (Lipinski definition) is 3. The van der Waals surface area contributed by atoms with Gasteiger partial charge in [-0.3, -0.25) is 4.79 Å². The number of carboxylic acids is 1. The van der Waals surface area contributed by atoms with Crippen molar-refractivity contribution in [3.8, 4) is 0 Å². The summed E-state index contributed by atoms with van der Waals surface area (Å²) in [5.41, 5.74) is -1.91. The van der Waals surface area contributed by atoms with Gasteiger partial charge in [-0.25, -0.2) is 9.59 Å². The summed E-state index contributed by atoms with van der Waals surface area (Å²) in [4.78, 5) is 36.3. The molecule has 1 aliphatic carbocycles.